The molecule has 1 fully saturated rings. The molecule has 1 aliphatic heterocycles. The van der Waals surface area contributed by atoms with E-state index in [1.165, 1.54) is 6.07 Å². The monoisotopic (exact) mass is 590 g/mol. The number of hydrogen-bond acceptors (Lipinski definition) is 7. The van der Waals surface area contributed by atoms with Gasteiger partial charge in [0.15, 0.2) is 12.1 Å². The summed E-state index contributed by atoms with van der Waals surface area (Å²) in [6.07, 6.45) is -3.26. The van der Waals surface area contributed by atoms with Crippen LogP contribution in [0.3, 0.4) is 0 Å². The zero-order chi connectivity index (χ0) is 29.6. The van der Waals surface area contributed by atoms with E-state index in [9.17, 15) is 32.7 Å². The SMILES string of the molecule is O=C([O-])Nc1cc(Cl)c(C(F)(F)F)cc1NC(=O)CC(=O)c1cccc(-c2ccnc(COC3CCCCO3)c2)c1. The number of aromatic nitrogens is 1. The van der Waals surface area contributed by atoms with Crippen LogP contribution in [0.5, 0.6) is 0 Å². The number of anilines is 2. The molecule has 0 aliphatic carbocycles. The van der Waals surface area contributed by atoms with Crippen LogP contribution < -0.4 is 15.7 Å². The number of alkyl halides is 3. The maximum atomic E-state index is 13.3. The Kier molecular flexibility index (Phi) is 9.58. The number of rotatable bonds is 9. The summed E-state index contributed by atoms with van der Waals surface area (Å²) in [5.41, 5.74) is -0.0207. The normalized spacial score (nSPS) is 15.3. The highest BCUT2D eigenvalue weighted by atomic mass is 35.5. The maximum Gasteiger partial charge on any atom is 0.417 e. The molecule has 3 aromatic rings. The Labute approximate surface area is 237 Å². The number of carbonyl (C=O) groups is 3. The number of nitrogens with zero attached hydrogens (tertiary/aromatic N) is 1. The minimum atomic E-state index is -4.88. The Morgan fingerprint density at radius 2 is 1.80 bits per heavy atom. The van der Waals surface area contributed by atoms with Crippen LogP contribution in [0.25, 0.3) is 11.1 Å². The molecule has 41 heavy (non-hydrogen) atoms. The predicted molar refractivity (Wildman–Crippen MR) is 141 cm³/mol. The van der Waals surface area contributed by atoms with Gasteiger partial charge in [0.2, 0.25) is 5.91 Å². The van der Waals surface area contributed by atoms with Crippen molar-refractivity contribution < 1.29 is 42.1 Å². The summed E-state index contributed by atoms with van der Waals surface area (Å²) >= 11 is 5.64. The highest BCUT2D eigenvalue weighted by molar-refractivity contribution is 6.32. The fourth-order valence-corrected chi connectivity index (χ4v) is 4.45. The molecule has 0 saturated carbocycles. The Hall–Kier alpha value is -4.00. The molecule has 1 unspecified atom stereocenters. The van der Waals surface area contributed by atoms with E-state index >= 15 is 0 Å². The molecule has 1 aliphatic rings. The molecule has 1 saturated heterocycles. The zero-order valence-electron chi connectivity index (χ0n) is 21.4. The van der Waals surface area contributed by atoms with Crippen LogP contribution in [0.2, 0.25) is 5.02 Å². The molecular weight excluding hydrogens is 567 g/mol. The average molecular weight is 591 g/mol. The van der Waals surface area contributed by atoms with Crippen molar-refractivity contribution in [1.29, 1.82) is 0 Å². The van der Waals surface area contributed by atoms with Gasteiger partial charge < -0.3 is 30.0 Å². The summed E-state index contributed by atoms with van der Waals surface area (Å²) < 4.78 is 51.3. The number of hydrogen-bond donors (Lipinski definition) is 2. The van der Waals surface area contributed by atoms with E-state index < -0.39 is 52.3 Å². The van der Waals surface area contributed by atoms with E-state index in [0.717, 1.165) is 24.8 Å². The van der Waals surface area contributed by atoms with E-state index in [2.05, 4.69) is 10.3 Å². The fraction of sp³-hybridized carbons (Fsp3) is 0.286. The van der Waals surface area contributed by atoms with Crippen LogP contribution in [0, 0.1) is 0 Å². The summed E-state index contributed by atoms with van der Waals surface area (Å²) in [6, 6.07) is 11.2. The lowest BCUT2D eigenvalue weighted by molar-refractivity contribution is -0.242. The Balaban J connectivity index is 1.46. The number of ketones is 1. The van der Waals surface area contributed by atoms with Gasteiger partial charge in [-0.05, 0) is 60.7 Å². The number of halogens is 4. The van der Waals surface area contributed by atoms with Gasteiger partial charge in [-0.3, -0.25) is 14.6 Å². The summed E-state index contributed by atoms with van der Waals surface area (Å²) in [4.78, 5) is 40.8. The van der Waals surface area contributed by atoms with Crippen LogP contribution in [-0.4, -0.2) is 35.7 Å². The van der Waals surface area contributed by atoms with Crippen LogP contribution in [0.4, 0.5) is 29.3 Å². The minimum Gasteiger partial charge on any atom is -0.530 e. The highest BCUT2D eigenvalue weighted by Gasteiger charge is 2.34. The van der Waals surface area contributed by atoms with Gasteiger partial charge >= 0.3 is 6.18 Å². The largest absolute Gasteiger partial charge is 0.530 e. The van der Waals surface area contributed by atoms with Gasteiger partial charge in [-0.2, -0.15) is 13.2 Å². The zero-order valence-corrected chi connectivity index (χ0v) is 22.2. The van der Waals surface area contributed by atoms with Gasteiger partial charge in [-0.25, -0.2) is 0 Å². The molecule has 2 amide bonds. The molecule has 0 bridgehead atoms. The van der Waals surface area contributed by atoms with Crippen molar-refractivity contribution in [2.24, 2.45) is 0 Å². The summed E-state index contributed by atoms with van der Waals surface area (Å²) in [6.45, 7) is 0.899. The van der Waals surface area contributed by atoms with Gasteiger partial charge in [0.05, 0.1) is 40.7 Å². The smallest absolute Gasteiger partial charge is 0.417 e. The van der Waals surface area contributed by atoms with Gasteiger partial charge in [-0.1, -0.05) is 29.8 Å². The second kappa shape index (κ2) is 13.1. The first kappa shape index (κ1) is 30.0. The third-order valence-electron chi connectivity index (χ3n) is 6.13. The topological polar surface area (TPSA) is 130 Å². The number of pyridine rings is 1. The molecule has 2 N–H and O–H groups in total. The molecule has 1 aromatic heterocycles. The van der Waals surface area contributed by atoms with E-state index in [-0.39, 0.29) is 18.5 Å². The third kappa shape index (κ3) is 8.26. The number of carboxylic acid groups (broad SMARTS) is 1. The molecule has 1 atom stereocenters. The summed E-state index contributed by atoms with van der Waals surface area (Å²) in [5.74, 6) is -1.58. The van der Waals surface area contributed by atoms with Crippen molar-refractivity contribution in [3.05, 3.63) is 76.6 Å². The first-order valence-corrected chi connectivity index (χ1v) is 12.9. The van der Waals surface area contributed by atoms with Crippen molar-refractivity contribution in [2.45, 2.75) is 44.8 Å². The molecule has 2 heterocycles. The molecule has 2 aromatic carbocycles. The first-order chi connectivity index (χ1) is 19.5. The van der Waals surface area contributed by atoms with Gasteiger partial charge in [0, 0.05) is 18.4 Å². The van der Waals surface area contributed by atoms with Gasteiger partial charge in [-0.15, -0.1) is 0 Å². The summed E-state index contributed by atoms with van der Waals surface area (Å²) in [5, 5.41) is 14.1. The molecule has 13 heteroatoms. The first-order valence-electron chi connectivity index (χ1n) is 12.5. The van der Waals surface area contributed by atoms with Crippen molar-refractivity contribution >= 4 is 40.8 Å². The molecule has 0 spiro atoms. The van der Waals surface area contributed by atoms with Crippen LogP contribution in [0.1, 0.15) is 47.3 Å². The van der Waals surface area contributed by atoms with E-state index in [4.69, 9.17) is 21.1 Å². The average Bonchev–Trinajstić information content (AvgIpc) is 2.93. The highest BCUT2D eigenvalue weighted by Crippen LogP contribution is 2.39. The van der Waals surface area contributed by atoms with Crippen molar-refractivity contribution in [1.82, 2.24) is 4.98 Å². The third-order valence-corrected chi connectivity index (χ3v) is 6.45. The number of amides is 2. The Morgan fingerprint density at radius 3 is 2.51 bits per heavy atom. The maximum absolute atomic E-state index is 13.3. The fourth-order valence-electron chi connectivity index (χ4n) is 4.18. The number of benzene rings is 2. The number of carbonyl (C=O) groups excluding carboxylic acids is 3. The molecule has 0 radical (unpaired) electrons. The second-order valence-electron chi connectivity index (χ2n) is 9.16. The van der Waals surface area contributed by atoms with Crippen LogP contribution in [-0.2, 0) is 27.1 Å². The van der Waals surface area contributed by atoms with Crippen molar-refractivity contribution in [2.75, 3.05) is 17.2 Å². The standard InChI is InChI=1S/C28H25ClF3N3O6/c29-21-13-23(35-27(38)39)22(12-20(21)28(30,31)32)34-25(37)14-24(36)18-5-3-4-16(10-18)17-7-8-33-19(11-17)15-41-26-6-1-2-9-40-26/h3-5,7-8,10-13,26,35H,1-2,6,9,14-15H2,(H,34,37)(H,38,39)/p-1. The predicted octanol–water partition coefficient (Wildman–Crippen LogP) is 5.43. The number of ether oxygens (including phenoxy) is 2. The van der Waals surface area contributed by atoms with Gasteiger partial charge in [0.25, 0.3) is 0 Å². The molecular formula is C28H24ClF3N3O6-. The van der Waals surface area contributed by atoms with E-state index in [1.54, 1.807) is 35.8 Å². The minimum absolute atomic E-state index is 0.183. The van der Waals surface area contributed by atoms with E-state index in [0.29, 0.717) is 30.0 Å². The second-order valence-corrected chi connectivity index (χ2v) is 9.57. The Bertz CT molecular complexity index is 1440. The molecule has 9 nitrogen and oxygen atoms in total. The van der Waals surface area contributed by atoms with Crippen LogP contribution >= 0.6 is 11.6 Å². The van der Waals surface area contributed by atoms with Crippen LogP contribution in [0.15, 0.2) is 54.7 Å². The van der Waals surface area contributed by atoms with Crippen molar-refractivity contribution in [3.63, 3.8) is 0 Å². The van der Waals surface area contributed by atoms with Gasteiger partial charge in [0.1, 0.15) is 6.09 Å². The van der Waals surface area contributed by atoms with E-state index in [1.807, 2.05) is 6.07 Å². The summed E-state index contributed by atoms with van der Waals surface area (Å²) in [7, 11) is 0. The quantitative estimate of drug-likeness (QED) is 0.251. The number of Topliss-reactive ketones (excluding diaryl/α,β-unsaturated/α-hetero) is 1. The lowest BCUT2D eigenvalue weighted by Gasteiger charge is -2.22. The lowest BCUT2D eigenvalue weighted by Crippen LogP contribution is -2.29. The lowest BCUT2D eigenvalue weighted by atomic mass is 10.00. The molecule has 216 valence electrons. The Morgan fingerprint density at radius 1 is 1.05 bits per heavy atom. The number of nitrogens with one attached hydrogen (secondary N) is 2. The molecule has 4 rings (SSSR count). The van der Waals surface area contributed by atoms with Crippen molar-refractivity contribution in [3.8, 4) is 11.1 Å².